The molecule has 1 amide bonds. The minimum Gasteiger partial charge on any atom is -0.369 e. The number of halogens is 1. The quantitative estimate of drug-likeness (QED) is 0.900. The SMILES string of the molecule is NC(=O)Cc1ncc(-c2ccc(Br)cc2)[nH]1. The van der Waals surface area contributed by atoms with Gasteiger partial charge in [-0.1, -0.05) is 28.1 Å². The second-order valence-corrected chi connectivity index (χ2v) is 4.31. The number of hydrogen-bond acceptors (Lipinski definition) is 2. The highest BCUT2D eigenvalue weighted by Crippen LogP contribution is 2.19. The maximum atomic E-state index is 10.7. The lowest BCUT2D eigenvalue weighted by Gasteiger charge is -1.97. The number of benzene rings is 1. The van der Waals surface area contributed by atoms with Gasteiger partial charge in [0.05, 0.1) is 18.3 Å². The van der Waals surface area contributed by atoms with Gasteiger partial charge in [-0.05, 0) is 17.7 Å². The second-order valence-electron chi connectivity index (χ2n) is 3.39. The van der Waals surface area contributed by atoms with E-state index in [0.29, 0.717) is 5.82 Å². The second kappa shape index (κ2) is 4.49. The molecule has 0 aliphatic carbocycles. The maximum Gasteiger partial charge on any atom is 0.225 e. The van der Waals surface area contributed by atoms with E-state index in [2.05, 4.69) is 25.9 Å². The molecular formula is C11H10BrN3O. The Morgan fingerprint density at radius 1 is 1.38 bits per heavy atom. The molecule has 0 aliphatic rings. The fourth-order valence-electron chi connectivity index (χ4n) is 1.39. The number of hydrogen-bond donors (Lipinski definition) is 2. The van der Waals surface area contributed by atoms with E-state index in [1.807, 2.05) is 24.3 Å². The number of nitrogens with zero attached hydrogens (tertiary/aromatic N) is 1. The summed E-state index contributed by atoms with van der Waals surface area (Å²) in [6.07, 6.45) is 1.83. The van der Waals surface area contributed by atoms with Crippen molar-refractivity contribution in [3.8, 4) is 11.3 Å². The van der Waals surface area contributed by atoms with Gasteiger partial charge in [0.25, 0.3) is 0 Å². The molecule has 2 rings (SSSR count). The van der Waals surface area contributed by atoms with Crippen molar-refractivity contribution < 1.29 is 4.79 Å². The molecule has 82 valence electrons. The molecule has 2 aromatic rings. The summed E-state index contributed by atoms with van der Waals surface area (Å²) in [5, 5.41) is 0. The minimum atomic E-state index is -0.392. The fourth-order valence-corrected chi connectivity index (χ4v) is 1.66. The van der Waals surface area contributed by atoms with Crippen LogP contribution in [0.2, 0.25) is 0 Å². The van der Waals surface area contributed by atoms with Gasteiger partial charge < -0.3 is 10.7 Å². The van der Waals surface area contributed by atoms with Crippen LogP contribution in [-0.4, -0.2) is 15.9 Å². The molecule has 4 nitrogen and oxygen atoms in total. The number of nitrogens with one attached hydrogen (secondary N) is 1. The standard InChI is InChI=1S/C11H10BrN3O/c12-8-3-1-7(2-4-8)9-6-14-11(15-9)5-10(13)16/h1-4,6H,5H2,(H2,13,16)(H,14,15). The van der Waals surface area contributed by atoms with Crippen LogP contribution in [0.4, 0.5) is 0 Å². The van der Waals surface area contributed by atoms with E-state index >= 15 is 0 Å². The zero-order valence-electron chi connectivity index (χ0n) is 8.40. The Balaban J connectivity index is 2.24. The highest BCUT2D eigenvalue weighted by atomic mass is 79.9. The van der Waals surface area contributed by atoms with Gasteiger partial charge >= 0.3 is 0 Å². The Hall–Kier alpha value is -1.62. The maximum absolute atomic E-state index is 10.7. The third-order valence-corrected chi connectivity index (χ3v) is 2.65. The predicted octanol–water partition coefficient (Wildman–Crippen LogP) is 1.87. The molecule has 0 radical (unpaired) electrons. The molecule has 16 heavy (non-hydrogen) atoms. The number of nitrogens with two attached hydrogens (primary N) is 1. The molecule has 3 N–H and O–H groups in total. The number of carbonyl (C=O) groups is 1. The van der Waals surface area contributed by atoms with Gasteiger partial charge in [-0.2, -0.15) is 0 Å². The number of H-pyrrole nitrogens is 1. The normalized spacial score (nSPS) is 10.3. The van der Waals surface area contributed by atoms with Gasteiger partial charge in [-0.15, -0.1) is 0 Å². The van der Waals surface area contributed by atoms with E-state index < -0.39 is 5.91 Å². The number of carbonyl (C=O) groups excluding carboxylic acids is 1. The Bertz CT molecular complexity index is 504. The summed E-state index contributed by atoms with van der Waals surface area (Å²) in [4.78, 5) is 17.9. The van der Waals surface area contributed by atoms with E-state index in [-0.39, 0.29) is 6.42 Å². The number of amides is 1. The number of imidazole rings is 1. The lowest BCUT2D eigenvalue weighted by molar-refractivity contribution is -0.117. The van der Waals surface area contributed by atoms with Crippen LogP contribution in [0.3, 0.4) is 0 Å². The average Bonchev–Trinajstić information content (AvgIpc) is 2.66. The number of rotatable bonds is 3. The topological polar surface area (TPSA) is 71.8 Å². The van der Waals surface area contributed by atoms with Gasteiger partial charge in [0.2, 0.25) is 5.91 Å². The first-order chi connectivity index (χ1) is 7.65. The third kappa shape index (κ3) is 2.49. The Kier molecular flexibility index (Phi) is 3.05. The lowest BCUT2D eigenvalue weighted by Crippen LogP contribution is -2.14. The summed E-state index contributed by atoms with van der Waals surface area (Å²) < 4.78 is 1.02. The molecule has 0 atom stereocenters. The van der Waals surface area contributed by atoms with Crippen LogP contribution in [0.5, 0.6) is 0 Å². The average molecular weight is 280 g/mol. The zero-order valence-corrected chi connectivity index (χ0v) is 9.99. The van der Waals surface area contributed by atoms with Gasteiger partial charge in [0, 0.05) is 4.47 Å². The molecule has 0 bridgehead atoms. The third-order valence-electron chi connectivity index (χ3n) is 2.13. The molecule has 0 fully saturated rings. The number of aromatic nitrogens is 2. The molecule has 0 aliphatic heterocycles. The summed E-state index contributed by atoms with van der Waals surface area (Å²) in [6.45, 7) is 0. The van der Waals surface area contributed by atoms with E-state index in [0.717, 1.165) is 15.7 Å². The van der Waals surface area contributed by atoms with Crippen LogP contribution in [0, 0.1) is 0 Å². The van der Waals surface area contributed by atoms with E-state index in [9.17, 15) is 4.79 Å². The van der Waals surface area contributed by atoms with Crippen LogP contribution in [0.15, 0.2) is 34.9 Å². The molecule has 0 saturated carbocycles. The van der Waals surface area contributed by atoms with Crippen LogP contribution in [0.25, 0.3) is 11.3 Å². The Morgan fingerprint density at radius 3 is 2.69 bits per heavy atom. The summed E-state index contributed by atoms with van der Waals surface area (Å²) in [5.74, 6) is 0.196. The van der Waals surface area contributed by atoms with Crippen LogP contribution >= 0.6 is 15.9 Å². The number of primary amides is 1. The van der Waals surface area contributed by atoms with Gasteiger partial charge in [-0.25, -0.2) is 4.98 Å². The minimum absolute atomic E-state index is 0.135. The zero-order chi connectivity index (χ0) is 11.5. The van der Waals surface area contributed by atoms with Crippen molar-refractivity contribution in [3.63, 3.8) is 0 Å². The molecule has 0 spiro atoms. The molecule has 5 heteroatoms. The fraction of sp³-hybridized carbons (Fsp3) is 0.0909. The number of aromatic amines is 1. The van der Waals surface area contributed by atoms with Crippen molar-refractivity contribution in [2.24, 2.45) is 5.73 Å². The van der Waals surface area contributed by atoms with Crippen molar-refractivity contribution in [2.75, 3.05) is 0 Å². The molecule has 0 saturated heterocycles. The highest BCUT2D eigenvalue weighted by Gasteiger charge is 2.05. The van der Waals surface area contributed by atoms with Crippen molar-refractivity contribution in [1.82, 2.24) is 9.97 Å². The first-order valence-electron chi connectivity index (χ1n) is 4.73. The highest BCUT2D eigenvalue weighted by molar-refractivity contribution is 9.10. The van der Waals surface area contributed by atoms with Crippen LogP contribution in [0.1, 0.15) is 5.82 Å². The monoisotopic (exact) mass is 279 g/mol. The van der Waals surface area contributed by atoms with E-state index in [1.165, 1.54) is 0 Å². The predicted molar refractivity (Wildman–Crippen MR) is 64.6 cm³/mol. The largest absolute Gasteiger partial charge is 0.369 e. The van der Waals surface area contributed by atoms with Gasteiger partial charge in [-0.3, -0.25) is 4.79 Å². The molecule has 1 aromatic carbocycles. The first-order valence-corrected chi connectivity index (χ1v) is 5.52. The van der Waals surface area contributed by atoms with Crippen molar-refractivity contribution in [1.29, 1.82) is 0 Å². The first kappa shape index (κ1) is 10.9. The molecule has 0 unspecified atom stereocenters. The van der Waals surface area contributed by atoms with Crippen molar-refractivity contribution in [3.05, 3.63) is 40.8 Å². The van der Waals surface area contributed by atoms with Crippen molar-refractivity contribution >= 4 is 21.8 Å². The molecular weight excluding hydrogens is 270 g/mol. The van der Waals surface area contributed by atoms with Gasteiger partial charge in [0.1, 0.15) is 5.82 Å². The summed E-state index contributed by atoms with van der Waals surface area (Å²) in [5.41, 5.74) is 6.99. The lowest BCUT2D eigenvalue weighted by atomic mass is 10.2. The summed E-state index contributed by atoms with van der Waals surface area (Å²) >= 11 is 3.37. The van der Waals surface area contributed by atoms with Crippen molar-refractivity contribution in [2.45, 2.75) is 6.42 Å². The van der Waals surface area contributed by atoms with E-state index in [4.69, 9.17) is 5.73 Å². The van der Waals surface area contributed by atoms with E-state index in [1.54, 1.807) is 6.20 Å². The Labute approximate surface area is 101 Å². The van der Waals surface area contributed by atoms with Crippen LogP contribution < -0.4 is 5.73 Å². The summed E-state index contributed by atoms with van der Waals surface area (Å²) in [6, 6.07) is 7.82. The molecule has 1 aromatic heterocycles. The molecule has 1 heterocycles. The van der Waals surface area contributed by atoms with Crippen LogP contribution in [-0.2, 0) is 11.2 Å². The Morgan fingerprint density at radius 2 is 2.06 bits per heavy atom. The smallest absolute Gasteiger partial charge is 0.225 e. The van der Waals surface area contributed by atoms with Gasteiger partial charge in [0.15, 0.2) is 0 Å². The summed E-state index contributed by atoms with van der Waals surface area (Å²) in [7, 11) is 0.